The molecule has 28 heavy (non-hydrogen) atoms. The number of carbonyl (C=O) groups excluding carboxylic acids is 1. The van der Waals surface area contributed by atoms with Crippen molar-refractivity contribution in [2.45, 2.75) is 38.6 Å². The molecule has 7 nitrogen and oxygen atoms in total. The lowest BCUT2D eigenvalue weighted by molar-refractivity contribution is -0.121. The van der Waals surface area contributed by atoms with Crippen LogP contribution in [-0.2, 0) is 14.8 Å². The topological polar surface area (TPSA) is 79.0 Å². The molecule has 0 aliphatic carbocycles. The number of benzene rings is 1. The maximum Gasteiger partial charge on any atom is 0.243 e. The van der Waals surface area contributed by atoms with Gasteiger partial charge in [-0.15, -0.1) is 0 Å². The maximum atomic E-state index is 12.6. The minimum Gasteiger partial charge on any atom is -0.495 e. The second-order valence-electron chi connectivity index (χ2n) is 7.10. The van der Waals surface area contributed by atoms with Gasteiger partial charge in [0.25, 0.3) is 0 Å². The van der Waals surface area contributed by atoms with Gasteiger partial charge in [0.2, 0.25) is 15.9 Å². The fourth-order valence-corrected chi connectivity index (χ4v) is 4.86. The first-order valence-corrected chi connectivity index (χ1v) is 11.8. The molecule has 158 valence electrons. The Morgan fingerprint density at radius 1 is 1.29 bits per heavy atom. The smallest absolute Gasteiger partial charge is 0.243 e. The highest BCUT2D eigenvalue weighted by Gasteiger charge is 2.29. The SMILES string of the molecule is COc1ccc(N([C@@H](C)C(=O)NCCN2CCCCCC2)S(C)(=O)=O)cc1Cl. The van der Waals surface area contributed by atoms with Gasteiger partial charge >= 0.3 is 0 Å². The number of halogens is 1. The molecule has 1 aromatic carbocycles. The Morgan fingerprint density at radius 2 is 1.93 bits per heavy atom. The van der Waals surface area contributed by atoms with Crippen LogP contribution < -0.4 is 14.4 Å². The Balaban J connectivity index is 2.04. The summed E-state index contributed by atoms with van der Waals surface area (Å²) in [6.07, 6.45) is 5.96. The van der Waals surface area contributed by atoms with Crippen molar-refractivity contribution >= 4 is 33.2 Å². The van der Waals surface area contributed by atoms with Crippen molar-refractivity contribution in [2.75, 3.05) is 43.8 Å². The summed E-state index contributed by atoms with van der Waals surface area (Å²) in [7, 11) is -2.20. The number of anilines is 1. The van der Waals surface area contributed by atoms with Crippen LogP contribution >= 0.6 is 11.6 Å². The molecule has 0 bridgehead atoms. The van der Waals surface area contributed by atoms with Crippen LogP contribution in [0.5, 0.6) is 5.75 Å². The van der Waals surface area contributed by atoms with E-state index < -0.39 is 16.1 Å². The third kappa shape index (κ3) is 6.25. The minimum atomic E-state index is -3.69. The van der Waals surface area contributed by atoms with Crippen LogP contribution in [0, 0.1) is 0 Å². The van der Waals surface area contributed by atoms with Crippen LogP contribution in [-0.4, -0.2) is 64.8 Å². The summed E-state index contributed by atoms with van der Waals surface area (Å²) in [5.74, 6) is 0.0978. The van der Waals surface area contributed by atoms with Gasteiger partial charge < -0.3 is 15.0 Å². The lowest BCUT2D eigenvalue weighted by Gasteiger charge is -2.29. The Kier molecular flexibility index (Phi) is 8.39. The lowest BCUT2D eigenvalue weighted by Crippen LogP contribution is -2.49. The first kappa shape index (κ1) is 22.8. The first-order valence-electron chi connectivity index (χ1n) is 9.57. The summed E-state index contributed by atoms with van der Waals surface area (Å²) in [6, 6.07) is 3.75. The number of hydrogen-bond acceptors (Lipinski definition) is 5. The number of ether oxygens (including phenoxy) is 1. The van der Waals surface area contributed by atoms with Crippen LogP contribution in [0.15, 0.2) is 18.2 Å². The molecule has 1 amide bonds. The highest BCUT2D eigenvalue weighted by molar-refractivity contribution is 7.92. The Hall–Kier alpha value is -1.51. The molecule has 1 fully saturated rings. The number of nitrogens with one attached hydrogen (secondary N) is 1. The van der Waals surface area contributed by atoms with Gasteiger partial charge in [-0.05, 0) is 51.1 Å². The normalized spacial score (nSPS) is 16.9. The number of sulfonamides is 1. The molecule has 9 heteroatoms. The van der Waals surface area contributed by atoms with Gasteiger partial charge in [0.1, 0.15) is 11.8 Å². The standard InChI is InChI=1S/C19H30ClN3O4S/c1-15(19(24)21-10-13-22-11-6-4-5-7-12-22)23(28(3,25)26)16-8-9-18(27-2)17(20)14-16/h8-9,14-15H,4-7,10-13H2,1-3H3,(H,21,24)/t15-/m0/s1. The molecule has 1 atom stereocenters. The molecule has 1 aliphatic rings. The predicted octanol–water partition coefficient (Wildman–Crippen LogP) is 2.50. The molecule has 1 aliphatic heterocycles. The van der Waals surface area contributed by atoms with Crippen molar-refractivity contribution < 1.29 is 17.9 Å². The van der Waals surface area contributed by atoms with Crippen molar-refractivity contribution in [1.82, 2.24) is 10.2 Å². The van der Waals surface area contributed by atoms with E-state index in [9.17, 15) is 13.2 Å². The highest BCUT2D eigenvalue weighted by atomic mass is 35.5. The molecule has 1 N–H and O–H groups in total. The Labute approximate surface area is 173 Å². The minimum absolute atomic E-state index is 0.280. The summed E-state index contributed by atoms with van der Waals surface area (Å²) in [5.41, 5.74) is 0.323. The maximum absolute atomic E-state index is 12.6. The summed E-state index contributed by atoms with van der Waals surface area (Å²) in [4.78, 5) is 15.0. The zero-order valence-corrected chi connectivity index (χ0v) is 18.4. The number of methoxy groups -OCH3 is 1. The summed E-state index contributed by atoms with van der Waals surface area (Å²) < 4.78 is 30.9. The summed E-state index contributed by atoms with van der Waals surface area (Å²) in [6.45, 7) is 4.92. The van der Waals surface area contributed by atoms with Crippen molar-refractivity contribution in [3.63, 3.8) is 0 Å². The van der Waals surface area contributed by atoms with Gasteiger partial charge in [0, 0.05) is 13.1 Å². The molecule has 0 spiro atoms. The van der Waals surface area contributed by atoms with E-state index in [4.69, 9.17) is 16.3 Å². The van der Waals surface area contributed by atoms with Crippen molar-refractivity contribution in [3.05, 3.63) is 23.2 Å². The van der Waals surface area contributed by atoms with Gasteiger partial charge in [0.15, 0.2) is 0 Å². The van der Waals surface area contributed by atoms with Gasteiger partial charge in [0.05, 0.1) is 24.1 Å². The van der Waals surface area contributed by atoms with E-state index in [0.29, 0.717) is 18.0 Å². The number of amides is 1. The van der Waals surface area contributed by atoms with Crippen LogP contribution in [0.2, 0.25) is 5.02 Å². The molecule has 0 aromatic heterocycles. The second kappa shape index (κ2) is 10.3. The van der Waals surface area contributed by atoms with E-state index in [-0.39, 0.29) is 10.9 Å². The van der Waals surface area contributed by atoms with Crippen LogP contribution in [0.1, 0.15) is 32.6 Å². The van der Waals surface area contributed by atoms with Gasteiger partial charge in [-0.1, -0.05) is 24.4 Å². The van der Waals surface area contributed by atoms with Crippen LogP contribution in [0.3, 0.4) is 0 Å². The Bertz CT molecular complexity index is 764. The third-order valence-corrected chi connectivity index (χ3v) is 6.44. The van der Waals surface area contributed by atoms with Crippen LogP contribution in [0.4, 0.5) is 5.69 Å². The monoisotopic (exact) mass is 431 g/mol. The highest BCUT2D eigenvalue weighted by Crippen LogP contribution is 2.31. The average molecular weight is 432 g/mol. The Morgan fingerprint density at radius 3 is 2.46 bits per heavy atom. The number of rotatable bonds is 8. The summed E-state index contributed by atoms with van der Waals surface area (Å²) >= 11 is 6.14. The number of carbonyl (C=O) groups is 1. The van der Waals surface area contributed by atoms with Gasteiger partial charge in [-0.25, -0.2) is 8.42 Å². The zero-order chi connectivity index (χ0) is 20.7. The molecule has 0 saturated carbocycles. The van der Waals surface area contributed by atoms with E-state index in [1.54, 1.807) is 19.1 Å². The molecular formula is C19H30ClN3O4S. The van der Waals surface area contributed by atoms with E-state index in [1.165, 1.54) is 38.9 Å². The van der Waals surface area contributed by atoms with E-state index in [2.05, 4.69) is 10.2 Å². The molecule has 1 aromatic rings. The molecule has 1 heterocycles. The fourth-order valence-electron chi connectivity index (χ4n) is 3.45. The summed E-state index contributed by atoms with van der Waals surface area (Å²) in [5, 5.41) is 3.15. The van der Waals surface area contributed by atoms with E-state index in [1.807, 2.05) is 0 Å². The number of hydrogen-bond donors (Lipinski definition) is 1. The largest absolute Gasteiger partial charge is 0.495 e. The zero-order valence-electron chi connectivity index (χ0n) is 16.8. The van der Waals surface area contributed by atoms with E-state index >= 15 is 0 Å². The van der Waals surface area contributed by atoms with Crippen LogP contribution in [0.25, 0.3) is 0 Å². The number of likely N-dealkylation sites (tertiary alicyclic amines) is 1. The quantitative estimate of drug-likeness (QED) is 0.684. The number of nitrogens with zero attached hydrogens (tertiary/aromatic N) is 2. The molecular weight excluding hydrogens is 402 g/mol. The van der Waals surface area contributed by atoms with Gasteiger partial charge in [-0.3, -0.25) is 9.10 Å². The lowest BCUT2D eigenvalue weighted by atomic mass is 10.2. The van der Waals surface area contributed by atoms with E-state index in [0.717, 1.165) is 30.2 Å². The molecule has 1 saturated heterocycles. The van der Waals surface area contributed by atoms with Crippen molar-refractivity contribution in [2.24, 2.45) is 0 Å². The third-order valence-electron chi connectivity index (χ3n) is 4.90. The molecule has 0 radical (unpaired) electrons. The second-order valence-corrected chi connectivity index (χ2v) is 9.37. The molecule has 0 unspecified atom stereocenters. The fraction of sp³-hybridized carbons (Fsp3) is 0.632. The van der Waals surface area contributed by atoms with Crippen molar-refractivity contribution in [3.8, 4) is 5.75 Å². The van der Waals surface area contributed by atoms with Crippen molar-refractivity contribution in [1.29, 1.82) is 0 Å². The molecule has 2 rings (SSSR count). The first-order chi connectivity index (χ1) is 13.2. The van der Waals surface area contributed by atoms with Gasteiger partial charge in [-0.2, -0.15) is 0 Å². The predicted molar refractivity (Wildman–Crippen MR) is 113 cm³/mol. The average Bonchev–Trinajstić information content (AvgIpc) is 2.89.